The molecule has 1 aromatic heterocycles. The van der Waals surface area contributed by atoms with Crippen molar-refractivity contribution in [3.63, 3.8) is 0 Å². The molecule has 5 heteroatoms. The van der Waals surface area contributed by atoms with E-state index in [-0.39, 0.29) is 0 Å². The molecule has 0 spiro atoms. The first-order valence-corrected chi connectivity index (χ1v) is 7.19. The van der Waals surface area contributed by atoms with E-state index in [9.17, 15) is 0 Å². The van der Waals surface area contributed by atoms with Gasteiger partial charge in [-0.15, -0.1) is 0 Å². The number of hydrogen-bond donors (Lipinski definition) is 1. The molecule has 0 atom stereocenters. The molecular formula is C14H16IN3O. The molecule has 0 unspecified atom stereocenters. The average molecular weight is 369 g/mol. The lowest BCUT2D eigenvalue weighted by molar-refractivity contribution is 0.440. The highest BCUT2D eigenvalue weighted by atomic mass is 127. The number of aromatic nitrogens is 2. The number of benzene rings is 1. The molecule has 1 N–H and O–H groups in total. The number of halogens is 1. The van der Waals surface area contributed by atoms with E-state index in [0.717, 1.165) is 17.9 Å². The molecule has 1 heterocycles. The van der Waals surface area contributed by atoms with E-state index in [1.165, 1.54) is 3.57 Å². The van der Waals surface area contributed by atoms with Gasteiger partial charge in [-0.3, -0.25) is 0 Å². The van der Waals surface area contributed by atoms with Crippen LogP contribution in [0.15, 0.2) is 36.7 Å². The van der Waals surface area contributed by atoms with Gasteiger partial charge in [0.05, 0.1) is 0 Å². The van der Waals surface area contributed by atoms with Gasteiger partial charge in [-0.2, -0.15) is 0 Å². The minimum Gasteiger partial charge on any atom is -0.424 e. The maximum Gasteiger partial charge on any atom is 0.321 e. The molecule has 0 fully saturated rings. The Hall–Kier alpha value is -1.21. The Bertz CT molecular complexity index is 511. The van der Waals surface area contributed by atoms with Crippen molar-refractivity contribution < 1.29 is 4.74 Å². The summed E-state index contributed by atoms with van der Waals surface area (Å²) in [6.07, 6.45) is 3.56. The van der Waals surface area contributed by atoms with Crippen molar-refractivity contribution >= 4 is 22.6 Å². The Morgan fingerprint density at radius 3 is 2.37 bits per heavy atom. The molecule has 19 heavy (non-hydrogen) atoms. The predicted octanol–water partition coefficient (Wildman–Crippen LogP) is 3.37. The highest BCUT2D eigenvalue weighted by Gasteiger charge is 2.01. The van der Waals surface area contributed by atoms with E-state index in [0.29, 0.717) is 12.1 Å². The number of rotatable bonds is 5. The van der Waals surface area contributed by atoms with Crippen LogP contribution in [-0.2, 0) is 6.54 Å². The summed E-state index contributed by atoms with van der Waals surface area (Å²) in [5, 5.41) is 3.32. The second-order valence-corrected chi connectivity index (χ2v) is 5.71. The summed E-state index contributed by atoms with van der Waals surface area (Å²) in [7, 11) is 0. The lowest BCUT2D eigenvalue weighted by atomic mass is 10.3. The lowest BCUT2D eigenvalue weighted by Crippen LogP contribution is -2.21. The molecule has 0 radical (unpaired) electrons. The first kappa shape index (κ1) is 14.2. The Labute approximate surface area is 126 Å². The van der Waals surface area contributed by atoms with Crippen LogP contribution < -0.4 is 10.1 Å². The third-order valence-corrected chi connectivity index (χ3v) is 3.14. The third-order valence-electron chi connectivity index (χ3n) is 2.42. The fourth-order valence-corrected chi connectivity index (χ4v) is 1.78. The van der Waals surface area contributed by atoms with Crippen molar-refractivity contribution in [3.8, 4) is 11.8 Å². The van der Waals surface area contributed by atoms with Crippen LogP contribution in [0.3, 0.4) is 0 Å². The van der Waals surface area contributed by atoms with Crippen molar-refractivity contribution in [2.45, 2.75) is 26.4 Å². The van der Waals surface area contributed by atoms with Gasteiger partial charge in [0.2, 0.25) is 0 Å². The van der Waals surface area contributed by atoms with Gasteiger partial charge < -0.3 is 10.1 Å². The second kappa shape index (κ2) is 6.81. The normalized spacial score (nSPS) is 10.7. The van der Waals surface area contributed by atoms with E-state index in [4.69, 9.17) is 4.74 Å². The summed E-state index contributed by atoms with van der Waals surface area (Å²) in [6.45, 7) is 4.98. The monoisotopic (exact) mass is 369 g/mol. The molecule has 0 aliphatic carbocycles. The molecule has 100 valence electrons. The van der Waals surface area contributed by atoms with Crippen molar-refractivity contribution in [1.29, 1.82) is 0 Å². The lowest BCUT2D eigenvalue weighted by Gasteiger charge is -2.08. The van der Waals surface area contributed by atoms with E-state index in [1.54, 1.807) is 12.4 Å². The van der Waals surface area contributed by atoms with Gasteiger partial charge in [0.1, 0.15) is 5.75 Å². The highest BCUT2D eigenvalue weighted by Crippen LogP contribution is 2.18. The molecule has 4 nitrogen and oxygen atoms in total. The van der Waals surface area contributed by atoms with Crippen molar-refractivity contribution in [3.05, 3.63) is 45.8 Å². The van der Waals surface area contributed by atoms with Gasteiger partial charge in [0.15, 0.2) is 0 Å². The van der Waals surface area contributed by atoms with Gasteiger partial charge in [-0.05, 0) is 46.9 Å². The van der Waals surface area contributed by atoms with Gasteiger partial charge in [0, 0.05) is 34.1 Å². The molecule has 0 saturated heterocycles. The van der Waals surface area contributed by atoms with Gasteiger partial charge >= 0.3 is 6.01 Å². The maximum absolute atomic E-state index is 5.57. The van der Waals surface area contributed by atoms with Crippen LogP contribution in [0, 0.1) is 3.57 Å². The first-order valence-electron chi connectivity index (χ1n) is 6.11. The Morgan fingerprint density at radius 2 is 1.79 bits per heavy atom. The second-order valence-electron chi connectivity index (χ2n) is 4.47. The summed E-state index contributed by atoms with van der Waals surface area (Å²) in [6, 6.07) is 8.59. The Morgan fingerprint density at radius 1 is 1.16 bits per heavy atom. The topological polar surface area (TPSA) is 47.0 Å². The van der Waals surface area contributed by atoms with E-state index < -0.39 is 0 Å². The predicted molar refractivity (Wildman–Crippen MR) is 83.2 cm³/mol. The smallest absolute Gasteiger partial charge is 0.321 e. The fourth-order valence-electron chi connectivity index (χ4n) is 1.42. The van der Waals surface area contributed by atoms with Crippen LogP contribution in [0.1, 0.15) is 19.4 Å². The number of nitrogens with zero attached hydrogens (tertiary/aromatic N) is 2. The first-order chi connectivity index (χ1) is 9.13. The van der Waals surface area contributed by atoms with Gasteiger partial charge in [-0.1, -0.05) is 13.8 Å². The highest BCUT2D eigenvalue weighted by molar-refractivity contribution is 14.1. The van der Waals surface area contributed by atoms with Crippen molar-refractivity contribution in [1.82, 2.24) is 15.3 Å². The zero-order chi connectivity index (χ0) is 13.7. The molecule has 0 aliphatic heterocycles. The van der Waals surface area contributed by atoms with Crippen molar-refractivity contribution in [2.24, 2.45) is 0 Å². The number of nitrogens with one attached hydrogen (secondary N) is 1. The zero-order valence-electron chi connectivity index (χ0n) is 10.9. The number of hydrogen-bond acceptors (Lipinski definition) is 4. The number of ether oxygens (including phenoxy) is 1. The minimum absolute atomic E-state index is 0.370. The third kappa shape index (κ3) is 4.76. The molecule has 0 amide bonds. The van der Waals surface area contributed by atoms with E-state index in [2.05, 4.69) is 51.7 Å². The Balaban J connectivity index is 1.96. The molecule has 1 aromatic carbocycles. The molecule has 2 aromatic rings. The van der Waals surface area contributed by atoms with Gasteiger partial charge in [0.25, 0.3) is 0 Å². The Kier molecular flexibility index (Phi) is 5.09. The zero-order valence-corrected chi connectivity index (χ0v) is 13.1. The van der Waals surface area contributed by atoms with Crippen LogP contribution in [0.4, 0.5) is 0 Å². The van der Waals surface area contributed by atoms with E-state index >= 15 is 0 Å². The van der Waals surface area contributed by atoms with Crippen LogP contribution in [0.5, 0.6) is 11.8 Å². The SMILES string of the molecule is CC(C)NCc1cnc(Oc2ccc(I)cc2)nc1. The minimum atomic E-state index is 0.370. The van der Waals surface area contributed by atoms with Crippen LogP contribution in [0.25, 0.3) is 0 Å². The summed E-state index contributed by atoms with van der Waals surface area (Å²) >= 11 is 2.25. The summed E-state index contributed by atoms with van der Waals surface area (Å²) in [5.41, 5.74) is 1.05. The van der Waals surface area contributed by atoms with E-state index in [1.807, 2.05) is 24.3 Å². The largest absolute Gasteiger partial charge is 0.424 e. The molecule has 0 aliphatic rings. The van der Waals surface area contributed by atoms with Crippen LogP contribution in [-0.4, -0.2) is 16.0 Å². The average Bonchev–Trinajstić information content (AvgIpc) is 2.40. The molecular weight excluding hydrogens is 353 g/mol. The molecule has 2 rings (SSSR count). The van der Waals surface area contributed by atoms with Crippen LogP contribution in [0.2, 0.25) is 0 Å². The summed E-state index contributed by atoms with van der Waals surface area (Å²) in [5.74, 6) is 0.744. The maximum atomic E-state index is 5.57. The molecule has 0 bridgehead atoms. The van der Waals surface area contributed by atoms with Crippen LogP contribution >= 0.6 is 22.6 Å². The summed E-state index contributed by atoms with van der Waals surface area (Å²) in [4.78, 5) is 8.40. The molecule has 0 saturated carbocycles. The van der Waals surface area contributed by atoms with Crippen molar-refractivity contribution in [2.75, 3.05) is 0 Å². The summed E-state index contributed by atoms with van der Waals surface area (Å²) < 4.78 is 6.74. The fraction of sp³-hybridized carbons (Fsp3) is 0.286. The quantitative estimate of drug-likeness (QED) is 0.821. The van der Waals surface area contributed by atoms with Gasteiger partial charge in [-0.25, -0.2) is 9.97 Å². The standard InChI is InChI=1S/C14H16IN3O/c1-10(2)16-7-11-8-17-14(18-9-11)19-13-5-3-12(15)4-6-13/h3-6,8-10,16H,7H2,1-2H3.